The van der Waals surface area contributed by atoms with E-state index in [9.17, 15) is 4.79 Å². The van der Waals surface area contributed by atoms with Gasteiger partial charge in [0.05, 0.1) is 6.10 Å². The standard InChI is InChI=1S/C14H19BrN2O2/c1-9(18)6-7-16-14(19)17-13-8-11(13)10-4-2-3-5-12(10)15/h2-5,9,11,13,18H,6-8H2,1H3,(H2,16,17,19). The van der Waals surface area contributed by atoms with Gasteiger partial charge < -0.3 is 15.7 Å². The molecule has 2 rings (SSSR count). The average Bonchev–Trinajstić information content (AvgIpc) is 3.08. The minimum Gasteiger partial charge on any atom is -0.393 e. The Labute approximate surface area is 121 Å². The first-order chi connectivity index (χ1) is 9.08. The van der Waals surface area contributed by atoms with E-state index in [1.165, 1.54) is 5.56 Å². The van der Waals surface area contributed by atoms with E-state index >= 15 is 0 Å². The number of carbonyl (C=O) groups is 1. The quantitative estimate of drug-likeness (QED) is 0.778. The minimum atomic E-state index is -0.380. The summed E-state index contributed by atoms with van der Waals surface area (Å²) in [7, 11) is 0. The van der Waals surface area contributed by atoms with Crippen LogP contribution in [0.5, 0.6) is 0 Å². The van der Waals surface area contributed by atoms with Crippen LogP contribution in [-0.2, 0) is 0 Å². The molecule has 0 saturated heterocycles. The lowest BCUT2D eigenvalue weighted by Gasteiger charge is -2.09. The van der Waals surface area contributed by atoms with Crippen molar-refractivity contribution in [1.29, 1.82) is 0 Å². The second-order valence-corrected chi connectivity index (χ2v) is 5.86. The van der Waals surface area contributed by atoms with Crippen LogP contribution in [0.25, 0.3) is 0 Å². The number of urea groups is 1. The molecule has 3 unspecified atom stereocenters. The largest absolute Gasteiger partial charge is 0.393 e. The van der Waals surface area contributed by atoms with Crippen LogP contribution >= 0.6 is 15.9 Å². The van der Waals surface area contributed by atoms with Crippen molar-refractivity contribution in [2.24, 2.45) is 0 Å². The van der Waals surface area contributed by atoms with Gasteiger partial charge in [-0.2, -0.15) is 0 Å². The molecule has 1 aromatic carbocycles. The zero-order chi connectivity index (χ0) is 13.8. The van der Waals surface area contributed by atoms with Crippen molar-refractivity contribution in [2.45, 2.75) is 37.8 Å². The molecule has 1 aliphatic carbocycles. The fourth-order valence-electron chi connectivity index (χ4n) is 2.09. The van der Waals surface area contributed by atoms with Crippen LogP contribution in [-0.4, -0.2) is 29.8 Å². The van der Waals surface area contributed by atoms with Crippen molar-refractivity contribution in [3.63, 3.8) is 0 Å². The van der Waals surface area contributed by atoms with Crippen molar-refractivity contribution >= 4 is 22.0 Å². The molecule has 0 bridgehead atoms. The van der Waals surface area contributed by atoms with Gasteiger partial charge in [-0.1, -0.05) is 34.1 Å². The highest BCUT2D eigenvalue weighted by Gasteiger charge is 2.40. The van der Waals surface area contributed by atoms with Crippen LogP contribution < -0.4 is 10.6 Å². The van der Waals surface area contributed by atoms with Crippen molar-refractivity contribution < 1.29 is 9.90 Å². The van der Waals surface area contributed by atoms with Gasteiger partial charge in [0, 0.05) is 23.0 Å². The van der Waals surface area contributed by atoms with Crippen molar-refractivity contribution in [1.82, 2.24) is 10.6 Å². The van der Waals surface area contributed by atoms with Gasteiger partial charge in [0.25, 0.3) is 0 Å². The molecule has 0 aliphatic heterocycles. The molecule has 4 nitrogen and oxygen atoms in total. The summed E-state index contributed by atoms with van der Waals surface area (Å²) in [6.45, 7) is 2.21. The second kappa shape index (κ2) is 6.39. The van der Waals surface area contributed by atoms with Gasteiger partial charge in [-0.15, -0.1) is 0 Å². The van der Waals surface area contributed by atoms with Crippen LogP contribution in [0.4, 0.5) is 4.79 Å². The summed E-state index contributed by atoms with van der Waals surface area (Å²) in [6, 6.07) is 8.17. The maximum absolute atomic E-state index is 11.6. The number of aliphatic hydroxyl groups is 1. The molecule has 0 heterocycles. The summed E-state index contributed by atoms with van der Waals surface area (Å²) in [5.41, 5.74) is 1.25. The fraction of sp³-hybridized carbons (Fsp3) is 0.500. The van der Waals surface area contributed by atoms with E-state index < -0.39 is 0 Å². The lowest BCUT2D eigenvalue weighted by atomic mass is 10.1. The molecule has 0 aromatic heterocycles. The Balaban J connectivity index is 1.75. The predicted molar refractivity (Wildman–Crippen MR) is 78.1 cm³/mol. The summed E-state index contributed by atoms with van der Waals surface area (Å²) in [4.78, 5) is 11.6. The highest BCUT2D eigenvalue weighted by molar-refractivity contribution is 9.10. The second-order valence-electron chi connectivity index (χ2n) is 5.01. The Morgan fingerprint density at radius 2 is 2.26 bits per heavy atom. The number of aliphatic hydroxyl groups excluding tert-OH is 1. The molecule has 2 amide bonds. The lowest BCUT2D eigenvalue weighted by molar-refractivity contribution is 0.183. The van der Waals surface area contributed by atoms with E-state index in [0.29, 0.717) is 18.9 Å². The first-order valence-corrected chi connectivity index (χ1v) is 7.34. The molecule has 1 aromatic rings. The Bertz CT molecular complexity index is 451. The summed E-state index contributed by atoms with van der Waals surface area (Å²) < 4.78 is 1.10. The molecule has 1 aliphatic rings. The third-order valence-electron chi connectivity index (χ3n) is 3.26. The number of benzene rings is 1. The SMILES string of the molecule is CC(O)CCNC(=O)NC1CC1c1ccccc1Br. The fourth-order valence-corrected chi connectivity index (χ4v) is 2.67. The third kappa shape index (κ3) is 4.21. The topological polar surface area (TPSA) is 61.4 Å². The molecule has 5 heteroatoms. The van der Waals surface area contributed by atoms with Gasteiger partial charge >= 0.3 is 6.03 Å². The molecule has 1 fully saturated rings. The molecule has 1 saturated carbocycles. The van der Waals surface area contributed by atoms with Gasteiger partial charge in [0.2, 0.25) is 0 Å². The van der Waals surface area contributed by atoms with E-state index in [1.54, 1.807) is 6.92 Å². The van der Waals surface area contributed by atoms with Crippen LogP contribution in [0, 0.1) is 0 Å². The van der Waals surface area contributed by atoms with Crippen LogP contribution in [0.1, 0.15) is 31.2 Å². The highest BCUT2D eigenvalue weighted by atomic mass is 79.9. The molecule has 19 heavy (non-hydrogen) atoms. The predicted octanol–water partition coefficient (Wildman–Crippen LogP) is 2.38. The smallest absolute Gasteiger partial charge is 0.315 e. The Hall–Kier alpha value is -1.07. The maximum atomic E-state index is 11.6. The molecular formula is C14H19BrN2O2. The third-order valence-corrected chi connectivity index (χ3v) is 3.98. The monoisotopic (exact) mass is 326 g/mol. The van der Waals surface area contributed by atoms with Gasteiger partial charge in [0.15, 0.2) is 0 Å². The first kappa shape index (κ1) is 14.3. The number of halogens is 1. The summed E-state index contributed by atoms with van der Waals surface area (Å²) in [5, 5.41) is 14.8. The van der Waals surface area contributed by atoms with E-state index in [-0.39, 0.29) is 18.2 Å². The number of hydrogen-bond donors (Lipinski definition) is 3. The van der Waals surface area contributed by atoms with Gasteiger partial charge in [-0.05, 0) is 31.4 Å². The molecule has 0 spiro atoms. The summed E-state index contributed by atoms with van der Waals surface area (Å²) in [5.74, 6) is 0.401. The number of hydrogen-bond acceptors (Lipinski definition) is 2. The van der Waals surface area contributed by atoms with Gasteiger partial charge in [-0.3, -0.25) is 0 Å². The van der Waals surface area contributed by atoms with Crippen LogP contribution in [0.3, 0.4) is 0 Å². The highest BCUT2D eigenvalue weighted by Crippen LogP contribution is 2.43. The Morgan fingerprint density at radius 1 is 1.53 bits per heavy atom. The number of rotatable bonds is 5. The van der Waals surface area contributed by atoms with Crippen molar-refractivity contribution in [2.75, 3.05) is 6.54 Å². The normalized spacial score (nSPS) is 22.7. The number of amides is 2. The van der Waals surface area contributed by atoms with Crippen LogP contribution in [0.15, 0.2) is 28.7 Å². The maximum Gasteiger partial charge on any atom is 0.315 e. The molecule has 3 atom stereocenters. The van der Waals surface area contributed by atoms with E-state index in [1.807, 2.05) is 18.2 Å². The first-order valence-electron chi connectivity index (χ1n) is 6.54. The molecule has 0 radical (unpaired) electrons. The lowest BCUT2D eigenvalue weighted by Crippen LogP contribution is -2.38. The van der Waals surface area contributed by atoms with Gasteiger partial charge in [0.1, 0.15) is 0 Å². The summed E-state index contributed by atoms with van der Waals surface area (Å²) >= 11 is 3.53. The van der Waals surface area contributed by atoms with Crippen molar-refractivity contribution in [3.8, 4) is 0 Å². The van der Waals surface area contributed by atoms with Crippen LogP contribution in [0.2, 0.25) is 0 Å². The van der Waals surface area contributed by atoms with E-state index in [0.717, 1.165) is 10.9 Å². The Morgan fingerprint density at radius 3 is 2.95 bits per heavy atom. The molecule has 104 valence electrons. The van der Waals surface area contributed by atoms with E-state index in [2.05, 4.69) is 32.6 Å². The zero-order valence-corrected chi connectivity index (χ0v) is 12.5. The number of nitrogens with one attached hydrogen (secondary N) is 2. The average molecular weight is 327 g/mol. The van der Waals surface area contributed by atoms with Gasteiger partial charge in [-0.25, -0.2) is 4.79 Å². The minimum absolute atomic E-state index is 0.153. The Kier molecular flexibility index (Phi) is 4.82. The molecule has 3 N–H and O–H groups in total. The van der Waals surface area contributed by atoms with Crippen molar-refractivity contribution in [3.05, 3.63) is 34.3 Å². The summed E-state index contributed by atoms with van der Waals surface area (Å²) in [6.07, 6.45) is 1.17. The number of carbonyl (C=O) groups excluding carboxylic acids is 1. The molecular weight excluding hydrogens is 308 g/mol. The zero-order valence-electron chi connectivity index (χ0n) is 10.9. The van der Waals surface area contributed by atoms with E-state index in [4.69, 9.17) is 5.11 Å².